The molecule has 164 valence electrons. The molecule has 0 saturated carbocycles. The van der Waals surface area contributed by atoms with E-state index in [1.165, 1.54) is 5.56 Å². The van der Waals surface area contributed by atoms with Gasteiger partial charge in [-0.2, -0.15) is 5.26 Å². The number of nitrogens with zero attached hydrogens (tertiary/aromatic N) is 4. The molecule has 1 atom stereocenters. The van der Waals surface area contributed by atoms with Crippen molar-refractivity contribution in [2.75, 3.05) is 33.4 Å². The molecule has 1 aliphatic rings. The topological polar surface area (TPSA) is 69.5 Å². The average molecular weight is 429 g/mol. The van der Waals surface area contributed by atoms with E-state index >= 15 is 0 Å². The number of hydrogen-bond acceptors (Lipinski definition) is 5. The number of ether oxygens (including phenoxy) is 1. The van der Waals surface area contributed by atoms with Gasteiger partial charge in [0.05, 0.1) is 42.1 Å². The SMILES string of the molecule is CC(=O)N(C)C(C)c1ccc(-c2cc(CN3CCOCC3)c3ccc(C#N)cc3n2)cc1. The Hall–Kier alpha value is -3.27. The van der Waals surface area contributed by atoms with Crippen LogP contribution in [0.3, 0.4) is 0 Å². The molecule has 1 aliphatic heterocycles. The average Bonchev–Trinajstić information content (AvgIpc) is 2.83. The van der Waals surface area contributed by atoms with Crippen molar-refractivity contribution in [3.05, 3.63) is 65.2 Å². The first-order chi connectivity index (χ1) is 15.5. The summed E-state index contributed by atoms with van der Waals surface area (Å²) in [6.07, 6.45) is 0. The monoisotopic (exact) mass is 428 g/mol. The minimum Gasteiger partial charge on any atom is -0.379 e. The van der Waals surface area contributed by atoms with Gasteiger partial charge in [-0.3, -0.25) is 9.69 Å². The number of amides is 1. The van der Waals surface area contributed by atoms with E-state index < -0.39 is 0 Å². The number of carbonyl (C=O) groups is 1. The Morgan fingerprint density at radius 2 is 1.91 bits per heavy atom. The molecule has 4 rings (SSSR count). The summed E-state index contributed by atoms with van der Waals surface area (Å²) in [7, 11) is 1.82. The third-order valence-electron chi connectivity index (χ3n) is 6.29. The fraction of sp³-hybridized carbons (Fsp3) is 0.346. The summed E-state index contributed by atoms with van der Waals surface area (Å²) in [5.41, 5.74) is 5.61. The molecule has 0 radical (unpaired) electrons. The Morgan fingerprint density at radius 3 is 2.56 bits per heavy atom. The van der Waals surface area contributed by atoms with Gasteiger partial charge in [-0.15, -0.1) is 0 Å². The molecule has 1 amide bonds. The molecule has 0 N–H and O–H groups in total. The van der Waals surface area contributed by atoms with E-state index in [0.29, 0.717) is 5.56 Å². The van der Waals surface area contributed by atoms with Crippen LogP contribution in [0.2, 0.25) is 0 Å². The zero-order chi connectivity index (χ0) is 22.7. The molecular formula is C26H28N4O2. The van der Waals surface area contributed by atoms with Crippen molar-refractivity contribution in [1.29, 1.82) is 5.26 Å². The lowest BCUT2D eigenvalue weighted by Gasteiger charge is -2.27. The van der Waals surface area contributed by atoms with Gasteiger partial charge in [0.15, 0.2) is 0 Å². The maximum atomic E-state index is 11.7. The third kappa shape index (κ3) is 4.64. The van der Waals surface area contributed by atoms with Gasteiger partial charge >= 0.3 is 0 Å². The molecule has 1 unspecified atom stereocenters. The smallest absolute Gasteiger partial charge is 0.219 e. The van der Waals surface area contributed by atoms with Crippen molar-refractivity contribution in [2.24, 2.45) is 0 Å². The largest absolute Gasteiger partial charge is 0.379 e. The van der Waals surface area contributed by atoms with Crippen molar-refractivity contribution in [3.63, 3.8) is 0 Å². The van der Waals surface area contributed by atoms with Crippen LogP contribution in [0.5, 0.6) is 0 Å². The first-order valence-electron chi connectivity index (χ1n) is 10.9. The molecule has 2 heterocycles. The summed E-state index contributed by atoms with van der Waals surface area (Å²) >= 11 is 0. The van der Waals surface area contributed by atoms with Gasteiger partial charge in [-0.05, 0) is 36.2 Å². The Labute approximate surface area is 189 Å². The van der Waals surface area contributed by atoms with Gasteiger partial charge < -0.3 is 9.64 Å². The molecule has 0 spiro atoms. The number of benzene rings is 2. The lowest BCUT2D eigenvalue weighted by Crippen LogP contribution is -2.35. The van der Waals surface area contributed by atoms with Crippen molar-refractivity contribution in [2.45, 2.75) is 26.4 Å². The predicted molar refractivity (Wildman–Crippen MR) is 125 cm³/mol. The van der Waals surface area contributed by atoms with Gasteiger partial charge in [0.1, 0.15) is 0 Å². The second kappa shape index (κ2) is 9.47. The number of fused-ring (bicyclic) bond motifs is 1. The van der Waals surface area contributed by atoms with Crippen LogP contribution in [0.1, 0.15) is 36.6 Å². The van der Waals surface area contributed by atoms with Crippen LogP contribution in [0.25, 0.3) is 22.2 Å². The maximum absolute atomic E-state index is 11.7. The van der Waals surface area contributed by atoms with Crippen LogP contribution in [0.15, 0.2) is 48.5 Å². The van der Waals surface area contributed by atoms with Crippen LogP contribution in [0.4, 0.5) is 0 Å². The summed E-state index contributed by atoms with van der Waals surface area (Å²) in [6, 6.07) is 18.3. The molecule has 6 nitrogen and oxygen atoms in total. The predicted octanol–water partition coefficient (Wildman–Crippen LogP) is 4.14. The summed E-state index contributed by atoms with van der Waals surface area (Å²) in [5, 5.41) is 10.4. The normalized spacial score (nSPS) is 15.3. The van der Waals surface area contributed by atoms with Crippen molar-refractivity contribution >= 4 is 16.8 Å². The van der Waals surface area contributed by atoms with Gasteiger partial charge in [0, 0.05) is 44.6 Å². The summed E-state index contributed by atoms with van der Waals surface area (Å²) in [5.74, 6) is 0.0406. The van der Waals surface area contributed by atoms with E-state index in [0.717, 1.165) is 60.6 Å². The van der Waals surface area contributed by atoms with Crippen LogP contribution < -0.4 is 0 Å². The maximum Gasteiger partial charge on any atom is 0.219 e. The molecule has 3 aromatic rings. The number of hydrogen-bond donors (Lipinski definition) is 0. The highest BCUT2D eigenvalue weighted by atomic mass is 16.5. The summed E-state index contributed by atoms with van der Waals surface area (Å²) in [4.78, 5) is 20.7. The minimum atomic E-state index is 0.00109. The lowest BCUT2D eigenvalue weighted by molar-refractivity contribution is -0.129. The molecule has 0 aliphatic carbocycles. The molecule has 0 bridgehead atoms. The second-order valence-corrected chi connectivity index (χ2v) is 8.33. The first kappa shape index (κ1) is 21.9. The first-order valence-corrected chi connectivity index (χ1v) is 10.9. The van der Waals surface area contributed by atoms with E-state index in [1.807, 2.05) is 32.2 Å². The highest BCUT2D eigenvalue weighted by Crippen LogP contribution is 2.28. The number of pyridine rings is 1. The number of nitriles is 1. The highest BCUT2D eigenvalue weighted by Gasteiger charge is 2.16. The molecule has 1 fully saturated rings. The second-order valence-electron chi connectivity index (χ2n) is 8.33. The molecule has 1 saturated heterocycles. The Balaban J connectivity index is 1.71. The van der Waals surface area contributed by atoms with Gasteiger partial charge in [0.25, 0.3) is 0 Å². The van der Waals surface area contributed by atoms with E-state index in [9.17, 15) is 10.1 Å². The van der Waals surface area contributed by atoms with E-state index in [2.05, 4.69) is 41.3 Å². The van der Waals surface area contributed by atoms with Crippen LogP contribution >= 0.6 is 0 Å². The van der Waals surface area contributed by atoms with Crippen LogP contribution in [0, 0.1) is 11.3 Å². The quantitative estimate of drug-likeness (QED) is 0.611. The third-order valence-corrected chi connectivity index (χ3v) is 6.29. The molecule has 1 aromatic heterocycles. The Bertz CT molecular complexity index is 1160. The van der Waals surface area contributed by atoms with Gasteiger partial charge in [-0.25, -0.2) is 4.98 Å². The molecule has 2 aromatic carbocycles. The fourth-order valence-corrected chi connectivity index (χ4v) is 4.08. The lowest BCUT2D eigenvalue weighted by atomic mass is 10.00. The molecule has 32 heavy (non-hydrogen) atoms. The van der Waals surface area contributed by atoms with Crippen molar-refractivity contribution in [3.8, 4) is 17.3 Å². The fourth-order valence-electron chi connectivity index (χ4n) is 4.08. The number of aromatic nitrogens is 1. The van der Waals surface area contributed by atoms with Crippen LogP contribution in [-0.4, -0.2) is 54.0 Å². The van der Waals surface area contributed by atoms with Gasteiger partial charge in [-0.1, -0.05) is 30.3 Å². The number of morpholine rings is 1. The number of carbonyl (C=O) groups excluding carboxylic acids is 1. The zero-order valence-electron chi connectivity index (χ0n) is 18.8. The van der Waals surface area contributed by atoms with E-state index in [1.54, 1.807) is 11.8 Å². The number of rotatable bonds is 5. The highest BCUT2D eigenvalue weighted by molar-refractivity contribution is 5.86. The van der Waals surface area contributed by atoms with Crippen LogP contribution in [-0.2, 0) is 16.1 Å². The standard InChI is InChI=1S/C26H28N4O2/c1-18(29(3)19(2)31)21-5-7-22(8-6-21)25-15-23(17-30-10-12-32-13-11-30)24-9-4-20(16-27)14-26(24)28-25/h4-9,14-15,18H,10-13,17H2,1-3H3. The summed E-state index contributed by atoms with van der Waals surface area (Å²) < 4.78 is 5.50. The van der Waals surface area contributed by atoms with Gasteiger partial charge in [0.2, 0.25) is 5.91 Å². The molecule has 6 heteroatoms. The summed E-state index contributed by atoms with van der Waals surface area (Å²) in [6.45, 7) is 7.74. The minimum absolute atomic E-state index is 0.00109. The molecular weight excluding hydrogens is 400 g/mol. The van der Waals surface area contributed by atoms with Crippen molar-refractivity contribution < 1.29 is 9.53 Å². The van der Waals surface area contributed by atoms with Crippen molar-refractivity contribution in [1.82, 2.24) is 14.8 Å². The van der Waals surface area contributed by atoms with E-state index in [-0.39, 0.29) is 11.9 Å². The Morgan fingerprint density at radius 1 is 1.19 bits per heavy atom. The van der Waals surface area contributed by atoms with E-state index in [4.69, 9.17) is 9.72 Å². The Kier molecular flexibility index (Phi) is 6.50. The zero-order valence-corrected chi connectivity index (χ0v) is 18.8.